The third-order valence-electron chi connectivity index (χ3n) is 5.01. The van der Waals surface area contributed by atoms with E-state index in [1.54, 1.807) is 9.58 Å². The van der Waals surface area contributed by atoms with Crippen LogP contribution in [-0.4, -0.2) is 48.8 Å². The topological polar surface area (TPSA) is 87.0 Å². The maximum Gasteiger partial charge on any atom is 0.248 e. The number of carbonyl (C=O) groups is 1. The van der Waals surface area contributed by atoms with Gasteiger partial charge in [-0.15, -0.1) is 0 Å². The Labute approximate surface area is 165 Å². The molecule has 3 aromatic rings. The number of nitrogens with one attached hydrogen (secondary N) is 1. The molecule has 4 heterocycles. The molecule has 0 saturated heterocycles. The molecule has 0 atom stereocenters. The average molecular weight is 408 g/mol. The number of aromatic nitrogens is 4. The lowest BCUT2D eigenvalue weighted by Crippen LogP contribution is -2.46. The summed E-state index contributed by atoms with van der Waals surface area (Å²) in [6, 6.07) is 1.86. The quantitative estimate of drug-likeness (QED) is 0.639. The van der Waals surface area contributed by atoms with Crippen LogP contribution in [-0.2, 0) is 23.8 Å². The second kappa shape index (κ2) is 6.22. The lowest BCUT2D eigenvalue weighted by Gasteiger charge is -2.38. The smallest absolute Gasteiger partial charge is 0.248 e. The number of pyridine rings is 1. The third kappa shape index (κ3) is 2.81. The van der Waals surface area contributed by atoms with Gasteiger partial charge in [0.15, 0.2) is 5.15 Å². The zero-order valence-corrected chi connectivity index (χ0v) is 16.7. The van der Waals surface area contributed by atoms with Crippen LogP contribution in [0.5, 0.6) is 0 Å². The van der Waals surface area contributed by atoms with Gasteiger partial charge in [0.05, 0.1) is 5.52 Å². The van der Waals surface area contributed by atoms with Gasteiger partial charge in [-0.1, -0.05) is 37.0 Å². The van der Waals surface area contributed by atoms with Crippen LogP contribution in [0, 0.1) is 0 Å². The number of hydrogen-bond acceptors (Lipinski definition) is 4. The van der Waals surface area contributed by atoms with Gasteiger partial charge in [0.2, 0.25) is 5.91 Å². The van der Waals surface area contributed by atoms with E-state index in [-0.39, 0.29) is 16.5 Å². The van der Waals surface area contributed by atoms with E-state index in [9.17, 15) is 9.90 Å². The molecule has 9 heteroatoms. The van der Waals surface area contributed by atoms with Gasteiger partial charge in [0, 0.05) is 48.4 Å². The maximum atomic E-state index is 12.2. The molecule has 0 saturated carbocycles. The van der Waals surface area contributed by atoms with Crippen molar-refractivity contribution in [2.45, 2.75) is 25.8 Å². The number of hydrogen-bond donors (Lipinski definition) is 2. The van der Waals surface area contributed by atoms with Gasteiger partial charge in [-0.3, -0.25) is 9.48 Å². The van der Waals surface area contributed by atoms with Gasteiger partial charge in [0.1, 0.15) is 23.0 Å². The number of aryl methyl sites for hydroxylation is 1. The van der Waals surface area contributed by atoms with Gasteiger partial charge < -0.3 is 15.0 Å². The summed E-state index contributed by atoms with van der Waals surface area (Å²) in [5.41, 5.74) is 3.54. The summed E-state index contributed by atoms with van der Waals surface area (Å²) < 4.78 is 1.69. The first-order valence-corrected chi connectivity index (χ1v) is 9.27. The number of halogens is 2. The summed E-state index contributed by atoms with van der Waals surface area (Å²) in [6.07, 6.45) is 1.83. The molecular formula is C18H19Cl2N5O2. The lowest BCUT2D eigenvalue weighted by molar-refractivity contribution is -0.136. The van der Waals surface area contributed by atoms with Gasteiger partial charge in [-0.25, -0.2) is 4.98 Å². The normalized spacial score (nSPS) is 16.0. The van der Waals surface area contributed by atoms with Crippen molar-refractivity contribution < 1.29 is 9.90 Å². The fourth-order valence-corrected chi connectivity index (χ4v) is 4.18. The van der Waals surface area contributed by atoms with Gasteiger partial charge in [-0.05, 0) is 6.07 Å². The van der Waals surface area contributed by atoms with Crippen LogP contribution in [0.25, 0.3) is 22.3 Å². The summed E-state index contributed by atoms with van der Waals surface area (Å²) >= 11 is 12.7. The van der Waals surface area contributed by atoms with Crippen molar-refractivity contribution in [3.8, 4) is 11.4 Å². The number of nitrogens with zero attached hydrogens (tertiary/aromatic N) is 4. The molecule has 4 rings (SSSR count). The standard InChI is InChI=1S/C18H19Cl2N5O2/c1-18(2)8-25(11(27)7-26)6-9-12-14(10-4-5-24(3)23-10)22-17(20)13(19)15(12)21-16(9)18/h4-5,21,26H,6-8H2,1-3H3. The van der Waals surface area contributed by atoms with Crippen molar-refractivity contribution >= 4 is 40.0 Å². The van der Waals surface area contributed by atoms with Crippen LogP contribution >= 0.6 is 23.2 Å². The molecule has 7 nitrogen and oxygen atoms in total. The molecule has 1 amide bonds. The van der Waals surface area contributed by atoms with Crippen LogP contribution in [0.4, 0.5) is 0 Å². The van der Waals surface area contributed by atoms with Crippen molar-refractivity contribution in [2.75, 3.05) is 13.2 Å². The SMILES string of the molecule is Cn1ccc(-c2nc(Cl)c(Cl)c3[nH]c4c(c23)CN(C(=O)CO)CC4(C)C)n1. The minimum atomic E-state index is -0.522. The molecule has 3 aromatic heterocycles. The Morgan fingerprint density at radius 1 is 1.41 bits per heavy atom. The zero-order valence-electron chi connectivity index (χ0n) is 15.2. The summed E-state index contributed by atoms with van der Waals surface area (Å²) in [4.78, 5) is 21.7. The predicted octanol–water partition coefficient (Wildman–Crippen LogP) is 2.88. The van der Waals surface area contributed by atoms with E-state index in [1.165, 1.54) is 0 Å². The van der Waals surface area contributed by atoms with E-state index in [2.05, 4.69) is 15.1 Å². The van der Waals surface area contributed by atoms with E-state index < -0.39 is 6.61 Å². The first kappa shape index (κ1) is 18.3. The zero-order chi connectivity index (χ0) is 19.5. The molecule has 0 aromatic carbocycles. The number of aliphatic hydroxyl groups excluding tert-OH is 1. The van der Waals surface area contributed by atoms with Crippen LogP contribution in [0.3, 0.4) is 0 Å². The molecule has 1 aliphatic rings. The Morgan fingerprint density at radius 2 is 2.15 bits per heavy atom. The molecule has 0 spiro atoms. The number of amides is 1. The number of H-pyrrole nitrogens is 1. The van der Waals surface area contributed by atoms with Crippen molar-refractivity contribution in [1.29, 1.82) is 0 Å². The highest BCUT2D eigenvalue weighted by Gasteiger charge is 2.38. The largest absolute Gasteiger partial charge is 0.387 e. The Morgan fingerprint density at radius 3 is 2.78 bits per heavy atom. The van der Waals surface area contributed by atoms with Crippen molar-refractivity contribution in [3.63, 3.8) is 0 Å². The van der Waals surface area contributed by atoms with Gasteiger partial charge in [-0.2, -0.15) is 5.10 Å². The fraction of sp³-hybridized carbons (Fsp3) is 0.389. The van der Waals surface area contributed by atoms with Crippen molar-refractivity contribution in [2.24, 2.45) is 7.05 Å². The van der Waals surface area contributed by atoms with E-state index in [0.29, 0.717) is 35.0 Å². The fourth-order valence-electron chi connectivity index (χ4n) is 3.81. The summed E-state index contributed by atoms with van der Waals surface area (Å²) in [7, 11) is 1.83. The molecule has 27 heavy (non-hydrogen) atoms. The van der Waals surface area contributed by atoms with E-state index in [1.807, 2.05) is 33.2 Å². The number of aliphatic hydroxyl groups is 1. The molecular weight excluding hydrogens is 389 g/mol. The molecule has 142 valence electrons. The molecule has 1 aliphatic heterocycles. The molecule has 0 radical (unpaired) electrons. The van der Waals surface area contributed by atoms with Crippen LogP contribution in [0.2, 0.25) is 10.2 Å². The van der Waals surface area contributed by atoms with Crippen LogP contribution < -0.4 is 0 Å². The van der Waals surface area contributed by atoms with Crippen molar-refractivity contribution in [1.82, 2.24) is 24.6 Å². The number of carbonyl (C=O) groups excluding carboxylic acids is 1. The first-order valence-electron chi connectivity index (χ1n) is 8.51. The molecule has 0 unspecified atom stereocenters. The second-order valence-corrected chi connectivity index (χ2v) is 8.20. The van der Waals surface area contributed by atoms with Crippen LogP contribution in [0.1, 0.15) is 25.1 Å². The molecule has 0 bridgehead atoms. The highest BCUT2D eigenvalue weighted by molar-refractivity contribution is 6.44. The molecule has 0 aliphatic carbocycles. The molecule has 0 fully saturated rings. The first-order chi connectivity index (χ1) is 12.7. The number of aromatic amines is 1. The van der Waals surface area contributed by atoms with Gasteiger partial charge in [0.25, 0.3) is 0 Å². The number of rotatable bonds is 2. The Balaban J connectivity index is 2.04. The predicted molar refractivity (Wildman–Crippen MR) is 104 cm³/mol. The van der Waals surface area contributed by atoms with Crippen molar-refractivity contribution in [3.05, 3.63) is 33.7 Å². The third-order valence-corrected chi connectivity index (χ3v) is 5.75. The summed E-state index contributed by atoms with van der Waals surface area (Å²) in [5, 5.41) is 15.1. The van der Waals surface area contributed by atoms with E-state index in [4.69, 9.17) is 23.2 Å². The van der Waals surface area contributed by atoms with E-state index >= 15 is 0 Å². The van der Waals surface area contributed by atoms with Gasteiger partial charge >= 0.3 is 0 Å². The monoisotopic (exact) mass is 407 g/mol. The highest BCUT2D eigenvalue weighted by Crippen LogP contribution is 2.43. The lowest BCUT2D eigenvalue weighted by atomic mass is 9.82. The average Bonchev–Trinajstić information content (AvgIpc) is 3.21. The summed E-state index contributed by atoms with van der Waals surface area (Å²) in [5.74, 6) is -0.310. The highest BCUT2D eigenvalue weighted by atomic mass is 35.5. The van der Waals surface area contributed by atoms with E-state index in [0.717, 1.165) is 16.6 Å². The molecule has 2 N–H and O–H groups in total. The maximum absolute atomic E-state index is 12.2. The Hall–Kier alpha value is -2.09. The second-order valence-electron chi connectivity index (χ2n) is 7.46. The summed E-state index contributed by atoms with van der Waals surface area (Å²) in [6.45, 7) is 4.41. The Kier molecular flexibility index (Phi) is 4.21. The minimum absolute atomic E-state index is 0.199. The minimum Gasteiger partial charge on any atom is -0.387 e. The van der Waals surface area contributed by atoms with Crippen LogP contribution in [0.15, 0.2) is 12.3 Å². The Bertz CT molecular complexity index is 1070. The number of fused-ring (bicyclic) bond motifs is 3.